The number of alkyl halides is 2. The number of nitrogens with zero attached hydrogens (tertiary/aromatic N) is 2. The Balaban J connectivity index is 1.85. The van der Waals surface area contributed by atoms with E-state index in [0.29, 0.717) is 11.6 Å². The van der Waals surface area contributed by atoms with Gasteiger partial charge in [0.1, 0.15) is 5.69 Å². The zero-order chi connectivity index (χ0) is 17.1. The van der Waals surface area contributed by atoms with Crippen molar-refractivity contribution in [3.05, 3.63) is 47.3 Å². The van der Waals surface area contributed by atoms with Crippen molar-refractivity contribution in [2.75, 3.05) is 5.32 Å². The molecule has 0 spiro atoms. The first kappa shape index (κ1) is 16.6. The van der Waals surface area contributed by atoms with Crippen LogP contribution in [0.3, 0.4) is 0 Å². The lowest BCUT2D eigenvalue weighted by atomic mass is 9.83. The summed E-state index contributed by atoms with van der Waals surface area (Å²) in [6.45, 7) is 0. The van der Waals surface area contributed by atoms with Crippen molar-refractivity contribution in [1.29, 1.82) is 0 Å². The molecule has 6 heteroatoms. The number of hydrogen-bond donors (Lipinski definition) is 1. The Hall–Kier alpha value is -2.24. The SMILES string of the molecule is Cn1cc(C(=O)Nc2ccccc2C2CCCCC2)c(C(F)F)n1. The van der Waals surface area contributed by atoms with E-state index in [-0.39, 0.29) is 5.56 Å². The topological polar surface area (TPSA) is 46.9 Å². The van der Waals surface area contributed by atoms with Crippen LogP contribution >= 0.6 is 0 Å². The van der Waals surface area contributed by atoms with E-state index in [9.17, 15) is 13.6 Å². The van der Waals surface area contributed by atoms with Gasteiger partial charge in [0.05, 0.1) is 5.56 Å². The summed E-state index contributed by atoms with van der Waals surface area (Å²) in [4.78, 5) is 12.5. The zero-order valence-electron chi connectivity index (χ0n) is 13.6. The molecule has 128 valence electrons. The van der Waals surface area contributed by atoms with Gasteiger partial charge < -0.3 is 5.32 Å². The highest BCUT2D eigenvalue weighted by Crippen LogP contribution is 2.36. The molecule has 2 aromatic rings. The molecule has 0 saturated heterocycles. The van der Waals surface area contributed by atoms with Crippen LogP contribution in [0.2, 0.25) is 0 Å². The first-order valence-corrected chi connectivity index (χ1v) is 8.28. The van der Waals surface area contributed by atoms with Gasteiger partial charge in [-0.3, -0.25) is 9.48 Å². The Bertz CT molecular complexity index is 721. The van der Waals surface area contributed by atoms with Crippen molar-refractivity contribution < 1.29 is 13.6 Å². The summed E-state index contributed by atoms with van der Waals surface area (Å²) in [6, 6.07) is 7.65. The summed E-state index contributed by atoms with van der Waals surface area (Å²) in [5.74, 6) is -0.125. The lowest BCUT2D eigenvalue weighted by molar-refractivity contribution is 0.101. The second kappa shape index (κ2) is 7.11. The standard InChI is InChI=1S/C18H21F2N3O/c1-23-11-14(16(22-23)17(19)20)18(24)21-15-10-6-5-9-13(15)12-7-3-2-4-8-12/h5-6,9-12,17H,2-4,7-8H2,1H3,(H,21,24). The fraction of sp³-hybridized carbons (Fsp3) is 0.444. The number of carbonyl (C=O) groups is 1. The number of benzene rings is 1. The van der Waals surface area contributed by atoms with E-state index in [0.717, 1.165) is 18.4 Å². The molecular weight excluding hydrogens is 312 g/mol. The molecule has 0 atom stereocenters. The number of hydrogen-bond acceptors (Lipinski definition) is 2. The fourth-order valence-corrected chi connectivity index (χ4v) is 3.41. The molecule has 0 unspecified atom stereocenters. The number of para-hydroxylation sites is 1. The van der Waals surface area contributed by atoms with Gasteiger partial charge in [0.25, 0.3) is 12.3 Å². The summed E-state index contributed by atoms with van der Waals surface area (Å²) in [6.07, 6.45) is 4.37. The molecule has 1 aliphatic carbocycles. The van der Waals surface area contributed by atoms with Gasteiger partial charge in [0.15, 0.2) is 0 Å². The van der Waals surface area contributed by atoms with Gasteiger partial charge in [-0.1, -0.05) is 37.5 Å². The third-order valence-corrected chi connectivity index (χ3v) is 4.56. The molecule has 1 aromatic heterocycles. The Morgan fingerprint density at radius 1 is 1.25 bits per heavy atom. The van der Waals surface area contributed by atoms with Crippen molar-refractivity contribution in [3.63, 3.8) is 0 Å². The van der Waals surface area contributed by atoms with Gasteiger partial charge in [-0.2, -0.15) is 5.10 Å². The molecule has 0 radical (unpaired) electrons. The Labute approximate surface area is 139 Å². The molecule has 1 heterocycles. The lowest BCUT2D eigenvalue weighted by Crippen LogP contribution is -2.16. The number of nitrogens with one attached hydrogen (secondary N) is 1. The predicted molar refractivity (Wildman–Crippen MR) is 88.4 cm³/mol. The van der Waals surface area contributed by atoms with E-state index < -0.39 is 18.0 Å². The number of halogens is 2. The first-order valence-electron chi connectivity index (χ1n) is 8.28. The van der Waals surface area contributed by atoms with E-state index in [2.05, 4.69) is 10.4 Å². The number of rotatable bonds is 4. The van der Waals surface area contributed by atoms with Crippen LogP contribution in [-0.2, 0) is 7.05 Å². The van der Waals surface area contributed by atoms with Crippen LogP contribution in [0.4, 0.5) is 14.5 Å². The Kier molecular flexibility index (Phi) is 4.92. The van der Waals surface area contributed by atoms with E-state index >= 15 is 0 Å². The van der Waals surface area contributed by atoms with E-state index in [1.165, 1.54) is 37.2 Å². The first-order chi connectivity index (χ1) is 11.6. The number of anilines is 1. The van der Waals surface area contributed by atoms with Crippen LogP contribution in [0.5, 0.6) is 0 Å². The Morgan fingerprint density at radius 2 is 1.96 bits per heavy atom. The molecule has 1 aromatic carbocycles. The maximum absolute atomic E-state index is 13.1. The molecule has 1 saturated carbocycles. The number of aryl methyl sites for hydroxylation is 1. The number of aromatic nitrogens is 2. The van der Waals surface area contributed by atoms with Crippen LogP contribution in [0.15, 0.2) is 30.5 Å². The van der Waals surface area contributed by atoms with Gasteiger partial charge in [-0.25, -0.2) is 8.78 Å². The Morgan fingerprint density at radius 3 is 2.67 bits per heavy atom. The van der Waals surface area contributed by atoms with Crippen LogP contribution in [0.25, 0.3) is 0 Å². The third-order valence-electron chi connectivity index (χ3n) is 4.56. The lowest BCUT2D eigenvalue weighted by Gasteiger charge is -2.24. The molecule has 24 heavy (non-hydrogen) atoms. The quantitative estimate of drug-likeness (QED) is 0.885. The minimum absolute atomic E-state index is 0.0778. The molecule has 0 bridgehead atoms. The van der Waals surface area contributed by atoms with Gasteiger partial charge in [0, 0.05) is 18.9 Å². The largest absolute Gasteiger partial charge is 0.322 e. The summed E-state index contributed by atoms with van der Waals surface area (Å²) in [5.41, 5.74) is 1.24. The fourth-order valence-electron chi connectivity index (χ4n) is 3.41. The minimum atomic E-state index is -2.78. The summed E-state index contributed by atoms with van der Waals surface area (Å²) in [7, 11) is 1.53. The van der Waals surface area contributed by atoms with Crippen molar-refractivity contribution in [3.8, 4) is 0 Å². The van der Waals surface area contributed by atoms with Crippen LogP contribution in [0, 0.1) is 0 Å². The highest BCUT2D eigenvalue weighted by Gasteiger charge is 2.24. The molecule has 0 aliphatic heterocycles. The summed E-state index contributed by atoms with van der Waals surface area (Å²) in [5, 5.41) is 6.50. The predicted octanol–water partition coefficient (Wildman–Crippen LogP) is 4.66. The second-order valence-corrected chi connectivity index (χ2v) is 6.28. The summed E-state index contributed by atoms with van der Waals surface area (Å²) >= 11 is 0. The number of carbonyl (C=O) groups excluding carboxylic acids is 1. The van der Waals surface area contributed by atoms with E-state index in [1.807, 2.05) is 24.3 Å². The monoisotopic (exact) mass is 333 g/mol. The highest BCUT2D eigenvalue weighted by molar-refractivity contribution is 6.05. The van der Waals surface area contributed by atoms with Crippen LogP contribution in [0.1, 0.15) is 66.1 Å². The average Bonchev–Trinajstić information content (AvgIpc) is 2.98. The van der Waals surface area contributed by atoms with Crippen LogP contribution < -0.4 is 5.32 Å². The molecule has 1 aliphatic rings. The minimum Gasteiger partial charge on any atom is -0.322 e. The molecule has 1 N–H and O–H groups in total. The highest BCUT2D eigenvalue weighted by atomic mass is 19.3. The number of amides is 1. The maximum Gasteiger partial charge on any atom is 0.282 e. The second-order valence-electron chi connectivity index (χ2n) is 6.28. The van der Waals surface area contributed by atoms with E-state index in [1.54, 1.807) is 0 Å². The zero-order valence-corrected chi connectivity index (χ0v) is 13.6. The normalized spacial score (nSPS) is 15.7. The van der Waals surface area contributed by atoms with Crippen LogP contribution in [-0.4, -0.2) is 15.7 Å². The molecular formula is C18H21F2N3O. The third kappa shape index (κ3) is 3.47. The van der Waals surface area contributed by atoms with Crippen molar-refractivity contribution in [2.24, 2.45) is 7.05 Å². The van der Waals surface area contributed by atoms with Crippen molar-refractivity contribution in [1.82, 2.24) is 9.78 Å². The smallest absolute Gasteiger partial charge is 0.282 e. The maximum atomic E-state index is 13.1. The molecule has 4 nitrogen and oxygen atoms in total. The van der Waals surface area contributed by atoms with Gasteiger partial charge >= 0.3 is 0 Å². The van der Waals surface area contributed by atoms with Gasteiger partial charge in [-0.05, 0) is 30.4 Å². The summed E-state index contributed by atoms with van der Waals surface area (Å²) < 4.78 is 27.3. The van der Waals surface area contributed by atoms with Gasteiger partial charge in [-0.15, -0.1) is 0 Å². The average molecular weight is 333 g/mol. The van der Waals surface area contributed by atoms with Crippen molar-refractivity contribution in [2.45, 2.75) is 44.4 Å². The molecule has 1 amide bonds. The van der Waals surface area contributed by atoms with Crippen molar-refractivity contribution >= 4 is 11.6 Å². The van der Waals surface area contributed by atoms with Gasteiger partial charge in [0.2, 0.25) is 0 Å². The molecule has 3 rings (SSSR count). The molecule has 1 fully saturated rings. The van der Waals surface area contributed by atoms with E-state index in [4.69, 9.17) is 0 Å².